The molecule has 3 nitrogen and oxygen atoms in total. The van der Waals surface area contributed by atoms with E-state index in [4.69, 9.17) is 9.84 Å². The van der Waals surface area contributed by atoms with Gasteiger partial charge in [-0.1, -0.05) is 22.9 Å². The summed E-state index contributed by atoms with van der Waals surface area (Å²) in [6, 6.07) is 6.16. The van der Waals surface area contributed by atoms with Gasteiger partial charge in [-0.25, -0.2) is 0 Å². The van der Waals surface area contributed by atoms with E-state index in [2.05, 4.69) is 34.2 Å². The first kappa shape index (κ1) is 15.8. The van der Waals surface area contributed by atoms with Gasteiger partial charge >= 0.3 is 0 Å². The summed E-state index contributed by atoms with van der Waals surface area (Å²) in [5.74, 6) is 0.967. The molecule has 1 aliphatic carbocycles. The topological polar surface area (TPSA) is 41.5 Å². The molecule has 1 aromatic carbocycles. The first-order chi connectivity index (χ1) is 9.69. The molecule has 4 heteroatoms. The summed E-state index contributed by atoms with van der Waals surface area (Å²) in [6.45, 7) is 4.95. The van der Waals surface area contributed by atoms with Gasteiger partial charge in [0, 0.05) is 29.7 Å². The van der Waals surface area contributed by atoms with E-state index in [0.717, 1.165) is 42.8 Å². The van der Waals surface area contributed by atoms with Crippen LogP contribution in [0.5, 0.6) is 5.75 Å². The first-order valence-electron chi connectivity index (χ1n) is 7.42. The van der Waals surface area contributed by atoms with E-state index in [1.54, 1.807) is 0 Å². The van der Waals surface area contributed by atoms with Crippen LogP contribution in [0.25, 0.3) is 0 Å². The number of hydrogen-bond acceptors (Lipinski definition) is 3. The van der Waals surface area contributed by atoms with Crippen molar-refractivity contribution in [3.8, 4) is 5.75 Å². The monoisotopic (exact) mass is 341 g/mol. The van der Waals surface area contributed by atoms with Crippen molar-refractivity contribution in [2.24, 2.45) is 5.41 Å². The van der Waals surface area contributed by atoms with E-state index >= 15 is 0 Å². The molecule has 0 aromatic heterocycles. The number of aliphatic hydroxyl groups is 1. The zero-order valence-electron chi connectivity index (χ0n) is 12.1. The number of ether oxygens (including phenoxy) is 1. The van der Waals surface area contributed by atoms with Gasteiger partial charge in [0.1, 0.15) is 5.75 Å². The van der Waals surface area contributed by atoms with Crippen LogP contribution in [0.1, 0.15) is 38.2 Å². The van der Waals surface area contributed by atoms with Gasteiger partial charge in [-0.15, -0.1) is 0 Å². The van der Waals surface area contributed by atoms with Crippen molar-refractivity contribution in [2.45, 2.75) is 39.2 Å². The number of benzene rings is 1. The van der Waals surface area contributed by atoms with Gasteiger partial charge in [-0.05, 0) is 49.3 Å². The highest BCUT2D eigenvalue weighted by Gasteiger charge is 2.41. The van der Waals surface area contributed by atoms with Crippen LogP contribution in [-0.2, 0) is 6.54 Å². The fraction of sp³-hybridized carbons (Fsp3) is 0.625. The lowest BCUT2D eigenvalue weighted by Gasteiger charge is -2.16. The zero-order chi connectivity index (χ0) is 14.4. The maximum Gasteiger partial charge on any atom is 0.123 e. The SMILES string of the molecule is CCCOc1ccc(Br)cc1CNCC1(CCO)CC1. The Hall–Kier alpha value is -0.580. The van der Waals surface area contributed by atoms with E-state index in [1.807, 2.05) is 12.1 Å². The van der Waals surface area contributed by atoms with E-state index in [1.165, 1.54) is 18.4 Å². The van der Waals surface area contributed by atoms with Crippen LogP contribution in [0.3, 0.4) is 0 Å². The highest BCUT2D eigenvalue weighted by atomic mass is 79.9. The van der Waals surface area contributed by atoms with Crippen LogP contribution in [-0.4, -0.2) is 24.9 Å². The molecule has 1 saturated carbocycles. The molecule has 0 heterocycles. The fourth-order valence-corrected chi connectivity index (χ4v) is 2.84. The van der Waals surface area contributed by atoms with Crippen LogP contribution < -0.4 is 10.1 Å². The van der Waals surface area contributed by atoms with Crippen LogP contribution in [0.2, 0.25) is 0 Å². The molecule has 2 N–H and O–H groups in total. The quantitative estimate of drug-likeness (QED) is 0.722. The molecular weight excluding hydrogens is 318 g/mol. The van der Waals surface area contributed by atoms with Crippen LogP contribution in [0.15, 0.2) is 22.7 Å². The molecule has 0 saturated heterocycles. The highest BCUT2D eigenvalue weighted by Crippen LogP contribution is 2.47. The predicted octanol–water partition coefficient (Wildman–Crippen LogP) is 3.49. The minimum absolute atomic E-state index is 0.295. The van der Waals surface area contributed by atoms with Crippen LogP contribution in [0.4, 0.5) is 0 Å². The lowest BCUT2D eigenvalue weighted by atomic mass is 10.0. The predicted molar refractivity (Wildman–Crippen MR) is 85.0 cm³/mol. The molecule has 0 spiro atoms. The third kappa shape index (κ3) is 4.47. The van der Waals surface area contributed by atoms with Crippen molar-refractivity contribution in [1.82, 2.24) is 5.32 Å². The molecule has 0 unspecified atom stereocenters. The lowest BCUT2D eigenvalue weighted by molar-refractivity contribution is 0.245. The number of rotatable bonds is 9. The summed E-state index contributed by atoms with van der Waals surface area (Å²) < 4.78 is 6.86. The van der Waals surface area contributed by atoms with Crippen molar-refractivity contribution in [2.75, 3.05) is 19.8 Å². The Morgan fingerprint density at radius 3 is 2.85 bits per heavy atom. The average Bonchev–Trinajstić information content (AvgIpc) is 3.18. The largest absolute Gasteiger partial charge is 0.493 e. The Kier molecular flexibility index (Phi) is 5.87. The van der Waals surface area contributed by atoms with Gasteiger partial charge < -0.3 is 15.2 Å². The molecule has 1 fully saturated rings. The van der Waals surface area contributed by atoms with Gasteiger partial charge in [-0.2, -0.15) is 0 Å². The van der Waals surface area contributed by atoms with Gasteiger partial charge in [-0.3, -0.25) is 0 Å². The Bertz CT molecular complexity index is 432. The summed E-state index contributed by atoms with van der Waals surface area (Å²) in [4.78, 5) is 0. The van der Waals surface area contributed by atoms with E-state index < -0.39 is 0 Å². The van der Waals surface area contributed by atoms with E-state index in [0.29, 0.717) is 12.0 Å². The smallest absolute Gasteiger partial charge is 0.123 e. The Morgan fingerprint density at radius 2 is 2.20 bits per heavy atom. The fourth-order valence-electron chi connectivity index (χ4n) is 2.43. The molecule has 20 heavy (non-hydrogen) atoms. The summed E-state index contributed by atoms with van der Waals surface area (Å²) >= 11 is 3.52. The van der Waals surface area contributed by atoms with E-state index in [9.17, 15) is 0 Å². The Labute approximate surface area is 129 Å². The minimum Gasteiger partial charge on any atom is -0.493 e. The molecule has 0 radical (unpaired) electrons. The summed E-state index contributed by atoms with van der Waals surface area (Å²) in [6.07, 6.45) is 4.40. The molecule has 0 amide bonds. The van der Waals surface area contributed by atoms with Crippen molar-refractivity contribution in [3.05, 3.63) is 28.2 Å². The molecular formula is C16H24BrNO2. The normalized spacial score (nSPS) is 16.1. The lowest BCUT2D eigenvalue weighted by Crippen LogP contribution is -2.24. The van der Waals surface area contributed by atoms with Gasteiger partial charge in [0.05, 0.1) is 6.61 Å². The second-order valence-electron chi connectivity index (χ2n) is 5.68. The third-order valence-corrected chi connectivity index (χ3v) is 4.39. The molecule has 1 aromatic rings. The molecule has 2 rings (SSSR count). The average molecular weight is 342 g/mol. The van der Waals surface area contributed by atoms with E-state index in [-0.39, 0.29) is 0 Å². The second kappa shape index (κ2) is 7.43. The summed E-state index contributed by atoms with van der Waals surface area (Å²) in [5, 5.41) is 12.6. The van der Waals surface area contributed by atoms with Crippen molar-refractivity contribution in [1.29, 1.82) is 0 Å². The summed E-state index contributed by atoms with van der Waals surface area (Å²) in [7, 11) is 0. The van der Waals surface area contributed by atoms with Gasteiger partial charge in [0.2, 0.25) is 0 Å². The minimum atomic E-state index is 0.295. The second-order valence-corrected chi connectivity index (χ2v) is 6.59. The standard InChI is InChI=1S/C16H24BrNO2/c1-2-9-20-15-4-3-14(17)10-13(15)11-18-12-16(5-6-16)7-8-19/h3-4,10,18-19H,2,5-9,11-12H2,1H3. The highest BCUT2D eigenvalue weighted by molar-refractivity contribution is 9.10. The third-order valence-electron chi connectivity index (χ3n) is 3.90. The van der Waals surface area contributed by atoms with Gasteiger partial charge in [0.25, 0.3) is 0 Å². The maximum atomic E-state index is 9.08. The van der Waals surface area contributed by atoms with Crippen LogP contribution >= 0.6 is 15.9 Å². The molecule has 112 valence electrons. The van der Waals surface area contributed by atoms with Crippen LogP contribution in [0, 0.1) is 5.41 Å². The molecule has 0 atom stereocenters. The molecule has 1 aliphatic rings. The zero-order valence-corrected chi connectivity index (χ0v) is 13.7. The first-order valence-corrected chi connectivity index (χ1v) is 8.21. The number of aliphatic hydroxyl groups excluding tert-OH is 1. The number of hydrogen-bond donors (Lipinski definition) is 2. The van der Waals surface area contributed by atoms with Crippen molar-refractivity contribution in [3.63, 3.8) is 0 Å². The summed E-state index contributed by atoms with van der Waals surface area (Å²) in [5.41, 5.74) is 1.54. The van der Waals surface area contributed by atoms with Crippen molar-refractivity contribution < 1.29 is 9.84 Å². The number of halogens is 1. The van der Waals surface area contributed by atoms with Crippen molar-refractivity contribution >= 4 is 15.9 Å². The van der Waals surface area contributed by atoms with Gasteiger partial charge in [0.15, 0.2) is 0 Å². The Morgan fingerprint density at radius 1 is 1.40 bits per heavy atom. The molecule has 0 aliphatic heterocycles. The number of nitrogens with one attached hydrogen (secondary N) is 1. The maximum absolute atomic E-state index is 9.08. The Balaban J connectivity index is 1.89. The molecule has 0 bridgehead atoms.